The summed E-state index contributed by atoms with van der Waals surface area (Å²) in [4.78, 5) is 0. The molecular weight excluding hydrogens is 462 g/mol. The van der Waals surface area contributed by atoms with Gasteiger partial charge in [0.25, 0.3) is 0 Å². The molecule has 0 saturated heterocycles. The summed E-state index contributed by atoms with van der Waals surface area (Å²) in [5.41, 5.74) is 5.42. The van der Waals surface area contributed by atoms with Crippen LogP contribution in [0.25, 0.3) is 0 Å². The van der Waals surface area contributed by atoms with Gasteiger partial charge in [-0.25, -0.2) is 0 Å². The first-order chi connectivity index (χ1) is 10.8. The van der Waals surface area contributed by atoms with Crippen LogP contribution >= 0.6 is 0 Å². The standard InChI is InChI=1S/C20H24O2Si.2ClH.Zr/c1-11-7-17-15(9-13(3)21-17)19(11)23(5,6)20-12(2)8-18-16(20)10-14(4)22-18;;;/h7-10,13-14H,1-6H3;2*1H;/q;;;+2/p-2. The Hall–Kier alpha value is -0.280. The van der Waals surface area contributed by atoms with Crippen LogP contribution in [0, 0.1) is 0 Å². The molecule has 6 heteroatoms. The molecule has 2 aliphatic heterocycles. The van der Waals surface area contributed by atoms with Gasteiger partial charge in [0, 0.05) is 11.1 Å². The molecular formula is C20H24Cl2O2SiZr. The van der Waals surface area contributed by atoms with E-state index in [1.54, 1.807) is 0 Å². The smallest absolute Gasteiger partial charge is 1.00 e. The topological polar surface area (TPSA) is 18.5 Å². The molecule has 0 radical (unpaired) electrons. The summed E-state index contributed by atoms with van der Waals surface area (Å²) in [5.74, 6) is 2.14. The quantitative estimate of drug-likeness (QED) is 0.462. The monoisotopic (exact) mass is 484 g/mol. The molecule has 2 nitrogen and oxygen atoms in total. The van der Waals surface area contributed by atoms with Gasteiger partial charge in [-0.1, -0.05) is 13.1 Å². The zero-order valence-corrected chi connectivity index (χ0v) is 21.0. The van der Waals surface area contributed by atoms with Gasteiger partial charge in [0.15, 0.2) is 0 Å². The molecule has 0 aromatic rings. The molecule has 0 amide bonds. The third-order valence-corrected chi connectivity index (χ3v) is 9.06. The minimum atomic E-state index is -1.84. The first kappa shape index (κ1) is 23.8. The maximum absolute atomic E-state index is 5.95. The molecule has 138 valence electrons. The van der Waals surface area contributed by atoms with Crippen LogP contribution in [0.5, 0.6) is 0 Å². The predicted octanol–water partition coefficient (Wildman–Crippen LogP) is -1.10. The van der Waals surface area contributed by atoms with Crippen molar-refractivity contribution >= 4 is 8.07 Å². The van der Waals surface area contributed by atoms with Crippen molar-refractivity contribution in [3.8, 4) is 0 Å². The summed E-state index contributed by atoms with van der Waals surface area (Å²) in [7, 11) is -1.84. The fraction of sp³-hybridized carbons (Fsp3) is 0.400. The molecule has 2 atom stereocenters. The van der Waals surface area contributed by atoms with E-state index in [9.17, 15) is 0 Å². The van der Waals surface area contributed by atoms with Crippen molar-refractivity contribution in [2.75, 3.05) is 0 Å². The molecule has 0 fully saturated rings. The minimum absolute atomic E-state index is 0. The van der Waals surface area contributed by atoms with Crippen LogP contribution in [0.3, 0.4) is 0 Å². The normalized spacial score (nSPS) is 25.6. The Kier molecular flexibility index (Phi) is 7.30. The minimum Gasteiger partial charge on any atom is -1.00 e. The fourth-order valence-electron chi connectivity index (χ4n) is 4.61. The van der Waals surface area contributed by atoms with Gasteiger partial charge in [0.05, 0.1) is 0 Å². The molecule has 0 aromatic heterocycles. The summed E-state index contributed by atoms with van der Waals surface area (Å²) < 4.78 is 11.9. The van der Waals surface area contributed by atoms with Crippen LogP contribution in [0.2, 0.25) is 13.1 Å². The molecule has 2 unspecified atom stereocenters. The van der Waals surface area contributed by atoms with Crippen LogP contribution < -0.4 is 24.8 Å². The third kappa shape index (κ3) is 3.43. The molecule has 4 aliphatic rings. The average Bonchev–Trinajstić information content (AvgIpc) is 3.06. The average molecular weight is 487 g/mol. The largest absolute Gasteiger partial charge is 2.00 e. The molecule has 0 saturated carbocycles. The Morgan fingerprint density at radius 3 is 1.46 bits per heavy atom. The SMILES string of the molecule is CC1=C([Si](C)(C)C2=C(C)C=C3OC(C)C=C32)C2=CC(C)OC2=C1.[Cl-].[Cl-].[Zr+2]. The molecule has 26 heavy (non-hydrogen) atoms. The van der Waals surface area contributed by atoms with Crippen molar-refractivity contribution in [3.05, 3.63) is 68.5 Å². The first-order valence-corrected chi connectivity index (χ1v) is 11.4. The van der Waals surface area contributed by atoms with Gasteiger partial charge in [-0.2, -0.15) is 0 Å². The number of fused-ring (bicyclic) bond motifs is 2. The summed E-state index contributed by atoms with van der Waals surface area (Å²) in [6, 6.07) is 0. The maximum atomic E-state index is 5.95. The second-order valence-electron chi connectivity index (χ2n) is 7.56. The third-order valence-electron chi connectivity index (χ3n) is 5.23. The van der Waals surface area contributed by atoms with Gasteiger partial charge < -0.3 is 34.3 Å². The van der Waals surface area contributed by atoms with Crippen molar-refractivity contribution in [3.63, 3.8) is 0 Å². The van der Waals surface area contributed by atoms with Crippen LogP contribution in [-0.2, 0) is 35.7 Å². The fourth-order valence-corrected chi connectivity index (χ4v) is 8.74. The van der Waals surface area contributed by atoms with Crippen molar-refractivity contribution in [2.24, 2.45) is 0 Å². The van der Waals surface area contributed by atoms with E-state index in [1.165, 1.54) is 32.7 Å². The predicted molar refractivity (Wildman–Crippen MR) is 96.3 cm³/mol. The molecule has 2 heterocycles. The van der Waals surface area contributed by atoms with Gasteiger partial charge in [0.1, 0.15) is 31.8 Å². The van der Waals surface area contributed by atoms with Gasteiger partial charge >= 0.3 is 26.2 Å². The maximum Gasteiger partial charge on any atom is 2.00 e. The van der Waals surface area contributed by atoms with Crippen molar-refractivity contribution < 1.29 is 60.5 Å². The van der Waals surface area contributed by atoms with E-state index in [2.05, 4.69) is 65.1 Å². The number of halogens is 2. The Morgan fingerprint density at radius 1 is 0.769 bits per heavy atom. The van der Waals surface area contributed by atoms with E-state index in [1.807, 2.05) is 0 Å². The number of hydrogen-bond acceptors (Lipinski definition) is 2. The molecule has 0 bridgehead atoms. The van der Waals surface area contributed by atoms with E-state index < -0.39 is 8.07 Å². The summed E-state index contributed by atoms with van der Waals surface area (Å²) in [6.07, 6.45) is 9.39. The van der Waals surface area contributed by atoms with E-state index in [4.69, 9.17) is 9.47 Å². The zero-order chi connectivity index (χ0) is 16.5. The summed E-state index contributed by atoms with van der Waals surface area (Å²) >= 11 is 0. The van der Waals surface area contributed by atoms with Crippen LogP contribution in [-0.4, -0.2) is 20.3 Å². The Bertz CT molecular complexity index is 750. The molecule has 2 aliphatic carbocycles. The van der Waals surface area contributed by atoms with Crippen LogP contribution in [0.15, 0.2) is 68.5 Å². The number of rotatable bonds is 2. The van der Waals surface area contributed by atoms with Crippen molar-refractivity contribution in [1.82, 2.24) is 0 Å². The number of hydrogen-bond donors (Lipinski definition) is 0. The van der Waals surface area contributed by atoms with Gasteiger partial charge in [-0.05, 0) is 73.5 Å². The van der Waals surface area contributed by atoms with Crippen LogP contribution in [0.4, 0.5) is 0 Å². The van der Waals surface area contributed by atoms with Crippen LogP contribution in [0.1, 0.15) is 27.7 Å². The molecule has 0 spiro atoms. The van der Waals surface area contributed by atoms with Gasteiger partial charge in [0.2, 0.25) is 0 Å². The van der Waals surface area contributed by atoms with Crippen molar-refractivity contribution in [2.45, 2.75) is 53.0 Å². The Balaban J connectivity index is 0.00000113. The van der Waals surface area contributed by atoms with E-state index in [-0.39, 0.29) is 63.2 Å². The molecule has 4 rings (SSSR count). The van der Waals surface area contributed by atoms with Gasteiger partial charge in [-0.15, -0.1) is 0 Å². The van der Waals surface area contributed by atoms with E-state index in [0.717, 1.165) is 11.5 Å². The van der Waals surface area contributed by atoms with E-state index in [0.29, 0.717) is 0 Å². The van der Waals surface area contributed by atoms with Gasteiger partial charge in [-0.3, -0.25) is 0 Å². The van der Waals surface area contributed by atoms with Crippen molar-refractivity contribution in [1.29, 1.82) is 0 Å². The molecule has 0 N–H and O–H groups in total. The second kappa shape index (κ2) is 7.99. The Labute approximate surface area is 189 Å². The Morgan fingerprint density at radius 2 is 1.12 bits per heavy atom. The summed E-state index contributed by atoms with van der Waals surface area (Å²) in [5, 5.41) is 3.06. The second-order valence-corrected chi connectivity index (χ2v) is 11.8. The molecule has 0 aromatic carbocycles. The number of allylic oxidation sites excluding steroid dienone is 6. The van der Waals surface area contributed by atoms with E-state index >= 15 is 0 Å². The summed E-state index contributed by atoms with van der Waals surface area (Å²) in [6.45, 7) is 13.6. The first-order valence-electron chi connectivity index (χ1n) is 8.43. The number of ether oxygens (including phenoxy) is 2. The zero-order valence-electron chi connectivity index (χ0n) is 16.0.